The molecular formula is C26H30N4O2. The van der Waals surface area contributed by atoms with Gasteiger partial charge < -0.3 is 9.80 Å². The van der Waals surface area contributed by atoms with Crippen LogP contribution in [0.2, 0.25) is 0 Å². The predicted molar refractivity (Wildman–Crippen MR) is 126 cm³/mol. The zero-order valence-corrected chi connectivity index (χ0v) is 18.6. The number of amides is 1. The largest absolute Gasteiger partial charge is 0.341 e. The van der Waals surface area contributed by atoms with Gasteiger partial charge in [0.15, 0.2) is 0 Å². The van der Waals surface area contributed by atoms with E-state index in [1.807, 2.05) is 54.4 Å². The number of hydrogen-bond donors (Lipinski definition) is 0. The van der Waals surface area contributed by atoms with E-state index in [1.54, 1.807) is 6.07 Å². The van der Waals surface area contributed by atoms with E-state index in [0.717, 1.165) is 6.54 Å². The quantitative estimate of drug-likeness (QED) is 0.633. The number of aromatic nitrogens is 2. The third-order valence-electron chi connectivity index (χ3n) is 7.14. The van der Waals surface area contributed by atoms with Gasteiger partial charge in [0.25, 0.3) is 11.5 Å². The van der Waals surface area contributed by atoms with Crippen LogP contribution in [0, 0.1) is 5.92 Å². The van der Waals surface area contributed by atoms with Crippen molar-refractivity contribution in [3.63, 3.8) is 0 Å². The van der Waals surface area contributed by atoms with Crippen LogP contribution in [-0.2, 0) is 0 Å². The molecule has 32 heavy (non-hydrogen) atoms. The maximum atomic E-state index is 13.5. The molecule has 2 saturated heterocycles. The molecule has 5 rings (SSSR count). The molecule has 2 aromatic carbocycles. The first-order valence-corrected chi connectivity index (χ1v) is 11.7. The standard InChI is InChI=1S/C26H30N4O2/c1-28(17-19-9-8-16-29-15-7-6-13-23(19)29)25(31)21-11-3-5-14-24(21)30-18-27-22-12-4-2-10-20(22)26(30)32/h2-5,10-12,14,18-19,23H,6-9,13,15-17H2,1H3/t19-,23+/m1/s1. The van der Waals surface area contributed by atoms with Gasteiger partial charge in [-0.2, -0.15) is 0 Å². The molecule has 0 spiro atoms. The third-order valence-corrected chi connectivity index (χ3v) is 7.14. The number of para-hydroxylation sites is 2. The molecule has 6 heteroatoms. The first-order chi connectivity index (χ1) is 15.6. The van der Waals surface area contributed by atoms with Crippen molar-refractivity contribution < 1.29 is 4.79 Å². The number of rotatable bonds is 4. The van der Waals surface area contributed by atoms with E-state index < -0.39 is 0 Å². The number of nitrogens with zero attached hydrogens (tertiary/aromatic N) is 4. The molecule has 166 valence electrons. The fourth-order valence-electron chi connectivity index (χ4n) is 5.54. The van der Waals surface area contributed by atoms with Crippen molar-refractivity contribution in [2.45, 2.75) is 38.1 Å². The van der Waals surface area contributed by atoms with Crippen LogP contribution in [-0.4, -0.2) is 58.0 Å². The van der Waals surface area contributed by atoms with Crippen molar-refractivity contribution >= 4 is 16.8 Å². The average molecular weight is 431 g/mol. The van der Waals surface area contributed by atoms with Gasteiger partial charge >= 0.3 is 0 Å². The van der Waals surface area contributed by atoms with Gasteiger partial charge in [-0.05, 0) is 69.0 Å². The molecule has 0 unspecified atom stereocenters. The number of benzene rings is 2. The highest BCUT2D eigenvalue weighted by molar-refractivity contribution is 5.97. The van der Waals surface area contributed by atoms with Gasteiger partial charge in [-0.25, -0.2) is 4.98 Å². The Bertz CT molecular complexity index is 1190. The van der Waals surface area contributed by atoms with E-state index in [-0.39, 0.29) is 11.5 Å². The summed E-state index contributed by atoms with van der Waals surface area (Å²) in [5.74, 6) is 0.462. The summed E-state index contributed by atoms with van der Waals surface area (Å²) in [6.07, 6.45) is 7.72. The zero-order valence-electron chi connectivity index (χ0n) is 18.6. The lowest BCUT2D eigenvalue weighted by molar-refractivity contribution is 0.0403. The molecular weight excluding hydrogens is 400 g/mol. The van der Waals surface area contributed by atoms with Crippen LogP contribution in [0.25, 0.3) is 16.6 Å². The summed E-state index contributed by atoms with van der Waals surface area (Å²) in [5.41, 5.74) is 1.61. The van der Waals surface area contributed by atoms with Gasteiger partial charge in [0, 0.05) is 19.6 Å². The minimum absolute atomic E-state index is 0.0476. The minimum atomic E-state index is -0.163. The monoisotopic (exact) mass is 430 g/mol. The fourth-order valence-corrected chi connectivity index (χ4v) is 5.54. The van der Waals surface area contributed by atoms with Gasteiger partial charge in [0.1, 0.15) is 6.33 Å². The lowest BCUT2D eigenvalue weighted by Crippen LogP contribution is -2.51. The molecule has 0 saturated carbocycles. The highest BCUT2D eigenvalue weighted by Gasteiger charge is 2.34. The Balaban J connectivity index is 1.43. The second kappa shape index (κ2) is 8.87. The van der Waals surface area contributed by atoms with Crippen LogP contribution < -0.4 is 5.56 Å². The molecule has 2 fully saturated rings. The number of carbonyl (C=O) groups is 1. The highest BCUT2D eigenvalue weighted by atomic mass is 16.2. The molecule has 1 aromatic heterocycles. The van der Waals surface area contributed by atoms with E-state index in [9.17, 15) is 9.59 Å². The van der Waals surface area contributed by atoms with E-state index in [1.165, 1.54) is 56.1 Å². The first kappa shape index (κ1) is 20.9. The maximum absolute atomic E-state index is 13.5. The Labute approximate surface area is 188 Å². The lowest BCUT2D eigenvalue weighted by Gasteiger charge is -2.45. The van der Waals surface area contributed by atoms with Gasteiger partial charge in [0.2, 0.25) is 0 Å². The summed E-state index contributed by atoms with van der Waals surface area (Å²) in [6, 6.07) is 15.2. The van der Waals surface area contributed by atoms with Crippen molar-refractivity contribution in [1.29, 1.82) is 0 Å². The molecule has 6 nitrogen and oxygen atoms in total. The maximum Gasteiger partial charge on any atom is 0.265 e. The fraction of sp³-hybridized carbons (Fsp3) is 0.423. The normalized spacial score (nSPS) is 21.3. The number of fused-ring (bicyclic) bond motifs is 2. The van der Waals surface area contributed by atoms with Crippen LogP contribution >= 0.6 is 0 Å². The van der Waals surface area contributed by atoms with Gasteiger partial charge in [-0.3, -0.25) is 14.2 Å². The smallest absolute Gasteiger partial charge is 0.265 e. The zero-order chi connectivity index (χ0) is 22.1. The molecule has 0 N–H and O–H groups in total. The van der Waals surface area contributed by atoms with Crippen LogP contribution in [0.1, 0.15) is 42.5 Å². The van der Waals surface area contributed by atoms with Crippen LogP contribution in [0.4, 0.5) is 0 Å². The average Bonchev–Trinajstić information content (AvgIpc) is 2.84. The highest BCUT2D eigenvalue weighted by Crippen LogP contribution is 2.31. The van der Waals surface area contributed by atoms with Crippen LogP contribution in [0.15, 0.2) is 59.7 Å². The second-order valence-corrected chi connectivity index (χ2v) is 9.14. The number of hydrogen-bond acceptors (Lipinski definition) is 4. The molecule has 3 aromatic rings. The van der Waals surface area contributed by atoms with Crippen molar-refractivity contribution in [3.05, 3.63) is 70.8 Å². The summed E-state index contributed by atoms with van der Waals surface area (Å²) in [5, 5.41) is 0.546. The van der Waals surface area contributed by atoms with Gasteiger partial charge in [-0.15, -0.1) is 0 Å². The van der Waals surface area contributed by atoms with Crippen molar-refractivity contribution in [2.24, 2.45) is 5.92 Å². The van der Waals surface area contributed by atoms with Crippen molar-refractivity contribution in [3.8, 4) is 5.69 Å². The van der Waals surface area contributed by atoms with Crippen molar-refractivity contribution in [2.75, 3.05) is 26.7 Å². The Kier molecular flexibility index (Phi) is 5.79. The van der Waals surface area contributed by atoms with E-state index in [0.29, 0.717) is 34.1 Å². The molecule has 0 radical (unpaired) electrons. The van der Waals surface area contributed by atoms with Crippen molar-refractivity contribution in [1.82, 2.24) is 19.4 Å². The number of carbonyl (C=O) groups excluding carboxylic acids is 1. The first-order valence-electron chi connectivity index (χ1n) is 11.7. The molecule has 0 bridgehead atoms. The predicted octanol–water partition coefficient (Wildman–Crippen LogP) is 3.72. The Hall–Kier alpha value is -2.99. The van der Waals surface area contributed by atoms with Crippen LogP contribution in [0.5, 0.6) is 0 Å². The lowest BCUT2D eigenvalue weighted by atomic mass is 9.83. The minimum Gasteiger partial charge on any atom is -0.341 e. The third kappa shape index (κ3) is 3.84. The Morgan fingerprint density at radius 3 is 2.72 bits per heavy atom. The Morgan fingerprint density at radius 1 is 1.03 bits per heavy atom. The topological polar surface area (TPSA) is 58.4 Å². The summed E-state index contributed by atoms with van der Waals surface area (Å²) in [7, 11) is 1.89. The Morgan fingerprint density at radius 2 is 1.81 bits per heavy atom. The molecule has 1 amide bonds. The molecule has 0 aliphatic carbocycles. The van der Waals surface area contributed by atoms with E-state index >= 15 is 0 Å². The van der Waals surface area contributed by atoms with Crippen LogP contribution in [0.3, 0.4) is 0 Å². The van der Waals surface area contributed by atoms with E-state index in [4.69, 9.17) is 0 Å². The summed E-state index contributed by atoms with van der Waals surface area (Å²) >= 11 is 0. The second-order valence-electron chi connectivity index (χ2n) is 9.14. The molecule has 2 atom stereocenters. The molecule has 2 aliphatic heterocycles. The SMILES string of the molecule is CN(C[C@H]1CCCN2CCCC[C@@H]12)C(=O)c1ccccc1-n1cnc2ccccc2c1=O. The van der Waals surface area contributed by atoms with Gasteiger partial charge in [0.05, 0.1) is 22.2 Å². The van der Waals surface area contributed by atoms with Gasteiger partial charge in [-0.1, -0.05) is 30.7 Å². The number of piperidine rings is 2. The summed E-state index contributed by atoms with van der Waals surface area (Å²) in [6.45, 7) is 3.14. The summed E-state index contributed by atoms with van der Waals surface area (Å²) in [4.78, 5) is 35.6. The van der Waals surface area contributed by atoms with E-state index in [2.05, 4.69) is 9.88 Å². The molecule has 3 heterocycles. The molecule has 2 aliphatic rings. The summed E-state index contributed by atoms with van der Waals surface area (Å²) < 4.78 is 1.49.